The van der Waals surface area contributed by atoms with Gasteiger partial charge in [0.05, 0.1) is 12.2 Å². The fourth-order valence-corrected chi connectivity index (χ4v) is 5.31. The minimum absolute atomic E-state index is 0.0222. The van der Waals surface area contributed by atoms with E-state index in [9.17, 15) is 25.2 Å². The van der Waals surface area contributed by atoms with Crippen molar-refractivity contribution in [1.29, 1.82) is 0 Å². The van der Waals surface area contributed by atoms with Crippen molar-refractivity contribution in [3.8, 4) is 0 Å². The summed E-state index contributed by atoms with van der Waals surface area (Å²) in [6.07, 6.45) is -1.35. The third kappa shape index (κ3) is 3.93. The van der Waals surface area contributed by atoms with Crippen LogP contribution in [0.2, 0.25) is 0 Å². The molecule has 3 rings (SSSR count). The van der Waals surface area contributed by atoms with Gasteiger partial charge in [0.1, 0.15) is 24.4 Å². The number of allylic oxidation sites excluding steroid dienone is 2. The first-order valence-corrected chi connectivity index (χ1v) is 10.2. The van der Waals surface area contributed by atoms with E-state index in [0.29, 0.717) is 12.3 Å². The molecule has 0 unspecified atom stereocenters. The SMILES string of the molecule is CC1=CC(=O)C[C@@]2(C)CC[C@@H](C(C)(C)O[C@@H]3O[C@H](CO)[C@@H](O)[C@H](O)[C@H]3O)C[C@@H]12. The molecule has 0 amide bonds. The molecule has 0 bridgehead atoms. The molecule has 0 spiro atoms. The van der Waals surface area contributed by atoms with E-state index >= 15 is 0 Å². The second-order valence-corrected chi connectivity index (χ2v) is 9.63. The number of rotatable bonds is 4. The van der Waals surface area contributed by atoms with Crippen LogP contribution >= 0.6 is 0 Å². The molecule has 3 aliphatic rings. The average molecular weight is 398 g/mol. The molecule has 1 aliphatic heterocycles. The third-order valence-electron chi connectivity index (χ3n) is 7.19. The second-order valence-electron chi connectivity index (χ2n) is 9.63. The molecule has 28 heavy (non-hydrogen) atoms. The summed E-state index contributed by atoms with van der Waals surface area (Å²) < 4.78 is 11.6. The predicted molar refractivity (Wildman–Crippen MR) is 101 cm³/mol. The van der Waals surface area contributed by atoms with Crippen LogP contribution in [-0.2, 0) is 14.3 Å². The summed E-state index contributed by atoms with van der Waals surface area (Å²) in [5.41, 5.74) is 0.439. The summed E-state index contributed by atoms with van der Waals surface area (Å²) >= 11 is 0. The van der Waals surface area contributed by atoms with E-state index in [1.165, 1.54) is 0 Å². The maximum absolute atomic E-state index is 12.0. The van der Waals surface area contributed by atoms with Crippen molar-refractivity contribution in [2.75, 3.05) is 6.61 Å². The zero-order valence-corrected chi connectivity index (χ0v) is 17.2. The highest BCUT2D eigenvalue weighted by Crippen LogP contribution is 2.53. The van der Waals surface area contributed by atoms with Crippen LogP contribution in [0.15, 0.2) is 11.6 Å². The molecule has 1 saturated heterocycles. The van der Waals surface area contributed by atoms with Crippen molar-refractivity contribution < 1.29 is 34.7 Å². The van der Waals surface area contributed by atoms with Gasteiger partial charge in [0.25, 0.3) is 0 Å². The van der Waals surface area contributed by atoms with Crippen molar-refractivity contribution in [3.63, 3.8) is 0 Å². The number of aliphatic hydroxyl groups excluding tert-OH is 4. The van der Waals surface area contributed by atoms with E-state index in [4.69, 9.17) is 9.47 Å². The lowest BCUT2D eigenvalue weighted by atomic mass is 9.56. The van der Waals surface area contributed by atoms with E-state index in [1.807, 2.05) is 20.8 Å². The van der Waals surface area contributed by atoms with Crippen LogP contribution in [0.3, 0.4) is 0 Å². The minimum atomic E-state index is -1.45. The van der Waals surface area contributed by atoms with Gasteiger partial charge in [-0.3, -0.25) is 4.79 Å². The van der Waals surface area contributed by atoms with Gasteiger partial charge in [-0.1, -0.05) is 12.5 Å². The number of aliphatic hydroxyl groups is 4. The third-order valence-corrected chi connectivity index (χ3v) is 7.19. The lowest BCUT2D eigenvalue weighted by Gasteiger charge is -2.51. The van der Waals surface area contributed by atoms with Crippen LogP contribution in [0.25, 0.3) is 0 Å². The van der Waals surface area contributed by atoms with Gasteiger partial charge < -0.3 is 29.9 Å². The molecule has 4 N–H and O–H groups in total. The minimum Gasteiger partial charge on any atom is -0.394 e. The lowest BCUT2D eigenvalue weighted by molar-refractivity contribution is -0.330. The topological polar surface area (TPSA) is 116 Å². The van der Waals surface area contributed by atoms with Gasteiger partial charge in [-0.25, -0.2) is 0 Å². The lowest BCUT2D eigenvalue weighted by Crippen LogP contribution is -2.61. The highest BCUT2D eigenvalue weighted by Gasteiger charge is 2.50. The fraction of sp³-hybridized carbons (Fsp3) is 0.857. The Bertz CT molecular complexity index is 628. The molecule has 7 nitrogen and oxygen atoms in total. The Hall–Kier alpha value is -0.830. The van der Waals surface area contributed by atoms with E-state index in [-0.39, 0.29) is 17.1 Å². The number of carbonyl (C=O) groups is 1. The maximum atomic E-state index is 12.0. The summed E-state index contributed by atoms with van der Waals surface area (Å²) in [5, 5.41) is 39.6. The van der Waals surface area contributed by atoms with Crippen LogP contribution in [0.5, 0.6) is 0 Å². The van der Waals surface area contributed by atoms with Gasteiger partial charge in [0, 0.05) is 6.42 Å². The van der Waals surface area contributed by atoms with Gasteiger partial charge in [0.2, 0.25) is 0 Å². The first kappa shape index (κ1) is 21.9. The zero-order valence-electron chi connectivity index (χ0n) is 17.2. The van der Waals surface area contributed by atoms with Crippen molar-refractivity contribution in [2.45, 2.75) is 89.7 Å². The van der Waals surface area contributed by atoms with Gasteiger partial charge in [-0.15, -0.1) is 0 Å². The van der Waals surface area contributed by atoms with Gasteiger partial charge in [-0.2, -0.15) is 0 Å². The highest BCUT2D eigenvalue weighted by molar-refractivity contribution is 5.92. The van der Waals surface area contributed by atoms with Crippen LogP contribution in [-0.4, -0.2) is 69.1 Å². The molecule has 7 heteroatoms. The van der Waals surface area contributed by atoms with E-state index in [2.05, 4.69) is 6.92 Å². The summed E-state index contributed by atoms with van der Waals surface area (Å²) in [5.74, 6) is 0.683. The van der Waals surface area contributed by atoms with Crippen LogP contribution < -0.4 is 0 Å². The van der Waals surface area contributed by atoms with Crippen LogP contribution in [0.1, 0.15) is 53.4 Å². The normalized spacial score (nSPS) is 44.8. The number of hydrogen-bond acceptors (Lipinski definition) is 7. The summed E-state index contributed by atoms with van der Waals surface area (Å²) in [6, 6.07) is 0. The molecule has 0 aromatic rings. The van der Waals surface area contributed by atoms with Gasteiger partial charge in [-0.05, 0) is 63.4 Å². The maximum Gasteiger partial charge on any atom is 0.187 e. The van der Waals surface area contributed by atoms with Gasteiger partial charge >= 0.3 is 0 Å². The average Bonchev–Trinajstić information content (AvgIpc) is 2.61. The Labute approximate surface area is 166 Å². The molecule has 1 saturated carbocycles. The molecular weight excluding hydrogens is 364 g/mol. The Kier molecular flexibility index (Phi) is 6.07. The van der Waals surface area contributed by atoms with E-state index in [1.54, 1.807) is 6.08 Å². The smallest absolute Gasteiger partial charge is 0.187 e. The van der Waals surface area contributed by atoms with E-state index < -0.39 is 42.9 Å². The second kappa shape index (κ2) is 7.78. The number of fused-ring (bicyclic) bond motifs is 1. The number of ketones is 1. The Morgan fingerprint density at radius 2 is 1.93 bits per heavy atom. The van der Waals surface area contributed by atoms with Crippen LogP contribution in [0, 0.1) is 17.3 Å². The molecule has 0 aromatic heterocycles. The molecule has 8 atom stereocenters. The first-order valence-electron chi connectivity index (χ1n) is 10.2. The Morgan fingerprint density at radius 3 is 2.57 bits per heavy atom. The van der Waals surface area contributed by atoms with Gasteiger partial charge in [0.15, 0.2) is 12.1 Å². The molecular formula is C21H34O7. The standard InChI is InChI=1S/C21H34O7/c1-11-7-13(23)9-21(4)6-5-12(8-14(11)21)20(2,3)28-19-18(26)17(25)16(24)15(10-22)27-19/h7,12,14-19,22,24-26H,5-6,8-10H2,1-4H3/t12-,14+,15-,16-,17+,18-,19+,21-/m1/s1. The predicted octanol–water partition coefficient (Wildman–Crippen LogP) is 0.923. The summed E-state index contributed by atoms with van der Waals surface area (Å²) in [6.45, 7) is 7.61. The molecule has 1 heterocycles. The summed E-state index contributed by atoms with van der Waals surface area (Å²) in [4.78, 5) is 12.0. The van der Waals surface area contributed by atoms with Crippen LogP contribution in [0.4, 0.5) is 0 Å². The largest absolute Gasteiger partial charge is 0.394 e. The van der Waals surface area contributed by atoms with Crippen molar-refractivity contribution in [3.05, 3.63) is 11.6 Å². The number of carbonyl (C=O) groups excluding carboxylic acids is 1. The van der Waals surface area contributed by atoms with Crippen molar-refractivity contribution in [2.24, 2.45) is 17.3 Å². The highest BCUT2D eigenvalue weighted by atomic mass is 16.7. The van der Waals surface area contributed by atoms with E-state index in [0.717, 1.165) is 24.8 Å². The fourth-order valence-electron chi connectivity index (χ4n) is 5.31. The number of hydrogen-bond donors (Lipinski definition) is 4. The Balaban J connectivity index is 1.73. The molecule has 0 radical (unpaired) electrons. The monoisotopic (exact) mass is 398 g/mol. The first-order chi connectivity index (χ1) is 13.0. The van der Waals surface area contributed by atoms with Crippen molar-refractivity contribution >= 4 is 5.78 Å². The summed E-state index contributed by atoms with van der Waals surface area (Å²) in [7, 11) is 0. The quantitative estimate of drug-likeness (QED) is 0.556. The molecule has 2 fully saturated rings. The molecule has 0 aromatic carbocycles. The zero-order chi connectivity index (χ0) is 20.9. The Morgan fingerprint density at radius 1 is 1.25 bits per heavy atom. The molecule has 2 aliphatic carbocycles. The van der Waals surface area contributed by atoms with Crippen molar-refractivity contribution in [1.82, 2.24) is 0 Å². The number of ether oxygens (including phenoxy) is 2. The molecule has 160 valence electrons.